The molecule has 1 saturated heterocycles. The summed E-state index contributed by atoms with van der Waals surface area (Å²) in [5, 5.41) is 3.31. The highest BCUT2D eigenvalue weighted by atomic mass is 35.5. The Hall–Kier alpha value is -0.280. The summed E-state index contributed by atoms with van der Waals surface area (Å²) in [6.45, 7) is 2.07. The number of carbonyl (C=O) groups excluding carboxylic acids is 1. The van der Waals surface area contributed by atoms with E-state index in [-0.39, 0.29) is 24.3 Å². The van der Waals surface area contributed by atoms with Crippen LogP contribution in [0.15, 0.2) is 0 Å². The topological polar surface area (TPSA) is 38.3 Å². The maximum atomic E-state index is 11.2. The number of ether oxygens (including phenoxy) is 1. The highest BCUT2D eigenvalue weighted by molar-refractivity contribution is 5.85. The summed E-state index contributed by atoms with van der Waals surface area (Å²) in [6, 6.07) is 0. The van der Waals surface area contributed by atoms with Gasteiger partial charge in [0.2, 0.25) is 0 Å². The minimum atomic E-state index is -0.0306. The summed E-state index contributed by atoms with van der Waals surface area (Å²) in [6.07, 6.45) is 4.11. The summed E-state index contributed by atoms with van der Waals surface area (Å²) in [5.74, 6) is 0.119. The molecule has 0 saturated carbocycles. The van der Waals surface area contributed by atoms with Crippen molar-refractivity contribution in [2.75, 3.05) is 20.2 Å². The number of esters is 1. The van der Waals surface area contributed by atoms with Crippen LogP contribution in [0.4, 0.5) is 0 Å². The molecule has 1 fully saturated rings. The first-order valence-corrected chi connectivity index (χ1v) is 4.63. The molecule has 0 unspecified atom stereocenters. The van der Waals surface area contributed by atoms with Crippen molar-refractivity contribution in [3.63, 3.8) is 0 Å². The zero-order chi connectivity index (χ0) is 8.81. The van der Waals surface area contributed by atoms with Gasteiger partial charge in [-0.1, -0.05) is 0 Å². The molecular weight excluding hydrogens is 190 g/mol. The molecule has 1 rings (SSSR count). The number of rotatable bonds is 1. The van der Waals surface area contributed by atoms with Crippen LogP contribution in [0.25, 0.3) is 0 Å². The van der Waals surface area contributed by atoms with Crippen molar-refractivity contribution in [3.05, 3.63) is 0 Å². The molecule has 0 aliphatic carbocycles. The van der Waals surface area contributed by atoms with E-state index in [1.165, 1.54) is 7.11 Å². The van der Waals surface area contributed by atoms with Gasteiger partial charge in [-0.25, -0.2) is 0 Å². The SMILES string of the molecule is COC(=O)C1CCCNCCC1.Cl. The van der Waals surface area contributed by atoms with Gasteiger partial charge in [0.05, 0.1) is 13.0 Å². The molecule has 0 spiro atoms. The molecule has 0 atom stereocenters. The summed E-state index contributed by atoms with van der Waals surface area (Å²) in [7, 11) is 1.47. The summed E-state index contributed by atoms with van der Waals surface area (Å²) in [4.78, 5) is 11.2. The summed E-state index contributed by atoms with van der Waals surface area (Å²) < 4.78 is 4.73. The van der Waals surface area contributed by atoms with Gasteiger partial charge in [0, 0.05) is 0 Å². The number of hydrogen-bond acceptors (Lipinski definition) is 3. The lowest BCUT2D eigenvalue weighted by molar-refractivity contribution is -0.146. The first-order valence-electron chi connectivity index (χ1n) is 4.63. The van der Waals surface area contributed by atoms with E-state index in [1.54, 1.807) is 0 Å². The van der Waals surface area contributed by atoms with E-state index in [0.717, 1.165) is 38.8 Å². The van der Waals surface area contributed by atoms with E-state index >= 15 is 0 Å². The van der Waals surface area contributed by atoms with Crippen LogP contribution in [0.3, 0.4) is 0 Å². The van der Waals surface area contributed by atoms with Gasteiger partial charge in [0.25, 0.3) is 0 Å². The Bertz CT molecular complexity index is 145. The standard InChI is InChI=1S/C9H17NO2.ClH/c1-12-9(11)8-4-2-6-10-7-3-5-8;/h8,10H,2-7H2,1H3;1H. The lowest BCUT2D eigenvalue weighted by Crippen LogP contribution is -2.25. The normalized spacial score (nSPS) is 19.5. The average Bonchev–Trinajstić information content (AvgIpc) is 2.02. The Morgan fingerprint density at radius 2 is 1.85 bits per heavy atom. The van der Waals surface area contributed by atoms with E-state index < -0.39 is 0 Å². The van der Waals surface area contributed by atoms with Crippen LogP contribution in [0, 0.1) is 5.92 Å². The Kier molecular flexibility index (Phi) is 7.00. The van der Waals surface area contributed by atoms with Gasteiger partial charge in [-0.2, -0.15) is 0 Å². The van der Waals surface area contributed by atoms with E-state index in [9.17, 15) is 4.79 Å². The molecule has 1 aliphatic heterocycles. The second kappa shape index (κ2) is 7.15. The molecule has 0 aromatic heterocycles. The van der Waals surface area contributed by atoms with Crippen LogP contribution in [0.2, 0.25) is 0 Å². The molecule has 1 heterocycles. The van der Waals surface area contributed by atoms with Gasteiger partial charge < -0.3 is 10.1 Å². The van der Waals surface area contributed by atoms with Crippen LogP contribution in [-0.4, -0.2) is 26.2 Å². The molecular formula is C9H18ClNO2. The predicted octanol–water partition coefficient (Wildman–Crippen LogP) is 1.36. The maximum absolute atomic E-state index is 11.2. The van der Waals surface area contributed by atoms with E-state index in [2.05, 4.69) is 5.32 Å². The lowest BCUT2D eigenvalue weighted by Gasteiger charge is -2.17. The molecule has 13 heavy (non-hydrogen) atoms. The van der Waals surface area contributed by atoms with Gasteiger partial charge >= 0.3 is 5.97 Å². The van der Waals surface area contributed by atoms with Crippen molar-refractivity contribution < 1.29 is 9.53 Å². The predicted molar refractivity (Wildman–Crippen MR) is 54.1 cm³/mol. The Balaban J connectivity index is 0.00000144. The molecule has 4 heteroatoms. The Morgan fingerprint density at radius 3 is 2.31 bits per heavy atom. The third-order valence-corrected chi connectivity index (χ3v) is 2.35. The van der Waals surface area contributed by atoms with E-state index in [4.69, 9.17) is 4.74 Å². The van der Waals surface area contributed by atoms with Crippen molar-refractivity contribution in [2.24, 2.45) is 5.92 Å². The minimum Gasteiger partial charge on any atom is -0.469 e. The molecule has 0 aromatic rings. The van der Waals surface area contributed by atoms with Crippen LogP contribution in [0.1, 0.15) is 25.7 Å². The van der Waals surface area contributed by atoms with Crippen LogP contribution in [-0.2, 0) is 9.53 Å². The number of nitrogens with one attached hydrogen (secondary N) is 1. The Labute approximate surface area is 85.6 Å². The molecule has 78 valence electrons. The number of methoxy groups -OCH3 is 1. The van der Waals surface area contributed by atoms with E-state index in [0.29, 0.717) is 0 Å². The molecule has 1 N–H and O–H groups in total. The fourth-order valence-corrected chi connectivity index (χ4v) is 1.62. The quantitative estimate of drug-likeness (QED) is 0.660. The molecule has 0 amide bonds. The van der Waals surface area contributed by atoms with Crippen molar-refractivity contribution in [1.29, 1.82) is 0 Å². The van der Waals surface area contributed by atoms with Gasteiger partial charge in [-0.15, -0.1) is 12.4 Å². The van der Waals surface area contributed by atoms with Crippen LogP contribution >= 0.6 is 12.4 Å². The number of carbonyl (C=O) groups is 1. The Morgan fingerprint density at radius 1 is 1.31 bits per heavy atom. The van der Waals surface area contributed by atoms with Crippen molar-refractivity contribution in [2.45, 2.75) is 25.7 Å². The maximum Gasteiger partial charge on any atom is 0.308 e. The fourth-order valence-electron chi connectivity index (χ4n) is 1.62. The smallest absolute Gasteiger partial charge is 0.308 e. The lowest BCUT2D eigenvalue weighted by atomic mass is 9.96. The summed E-state index contributed by atoms with van der Waals surface area (Å²) in [5.41, 5.74) is 0. The highest BCUT2D eigenvalue weighted by Gasteiger charge is 2.19. The first-order chi connectivity index (χ1) is 5.84. The average molecular weight is 208 g/mol. The zero-order valence-corrected chi connectivity index (χ0v) is 8.86. The second-order valence-corrected chi connectivity index (χ2v) is 3.25. The van der Waals surface area contributed by atoms with Gasteiger partial charge in [0.15, 0.2) is 0 Å². The molecule has 0 radical (unpaired) electrons. The molecule has 0 aromatic carbocycles. The summed E-state index contributed by atoms with van der Waals surface area (Å²) >= 11 is 0. The third kappa shape index (κ3) is 4.48. The number of hydrogen-bond donors (Lipinski definition) is 1. The molecule has 3 nitrogen and oxygen atoms in total. The highest BCUT2D eigenvalue weighted by Crippen LogP contribution is 2.16. The molecule has 1 aliphatic rings. The van der Waals surface area contributed by atoms with Crippen molar-refractivity contribution in [3.8, 4) is 0 Å². The van der Waals surface area contributed by atoms with Crippen molar-refractivity contribution in [1.82, 2.24) is 5.32 Å². The van der Waals surface area contributed by atoms with Crippen molar-refractivity contribution >= 4 is 18.4 Å². The molecule has 0 bridgehead atoms. The third-order valence-electron chi connectivity index (χ3n) is 2.35. The minimum absolute atomic E-state index is 0. The van der Waals surface area contributed by atoms with Gasteiger partial charge in [-0.3, -0.25) is 4.79 Å². The van der Waals surface area contributed by atoms with Crippen LogP contribution < -0.4 is 5.32 Å². The number of halogens is 1. The first kappa shape index (κ1) is 12.7. The van der Waals surface area contributed by atoms with Gasteiger partial charge in [-0.05, 0) is 38.8 Å². The van der Waals surface area contributed by atoms with Gasteiger partial charge in [0.1, 0.15) is 0 Å². The monoisotopic (exact) mass is 207 g/mol. The second-order valence-electron chi connectivity index (χ2n) is 3.25. The fraction of sp³-hybridized carbons (Fsp3) is 0.889. The van der Waals surface area contributed by atoms with E-state index in [1.807, 2.05) is 0 Å². The van der Waals surface area contributed by atoms with Crippen LogP contribution in [0.5, 0.6) is 0 Å². The largest absolute Gasteiger partial charge is 0.469 e. The zero-order valence-electron chi connectivity index (χ0n) is 8.04.